The Morgan fingerprint density at radius 1 is 1.43 bits per heavy atom. The fourth-order valence-electron chi connectivity index (χ4n) is 2.00. The lowest BCUT2D eigenvalue weighted by Gasteiger charge is -2.10. The molecule has 1 amide bonds. The standard InChI is InChI=1S/C13H13ClN4O3/c1-6-10(11(15)19)12(18(2)17-6)16-7-3-4-9(14)8(5-7)13(20)21/h3-5,16H,1-2H3,(H2,15,19)(H,20,21). The third-order valence-corrected chi connectivity index (χ3v) is 3.26. The number of anilines is 2. The number of benzene rings is 1. The Hall–Kier alpha value is -2.54. The summed E-state index contributed by atoms with van der Waals surface area (Å²) >= 11 is 5.81. The molecular formula is C13H13ClN4O3. The van der Waals surface area contributed by atoms with Crippen molar-refractivity contribution in [1.29, 1.82) is 0 Å². The number of aromatic nitrogens is 2. The first-order valence-electron chi connectivity index (χ1n) is 5.94. The molecule has 4 N–H and O–H groups in total. The molecule has 0 atom stereocenters. The molecule has 1 heterocycles. The van der Waals surface area contributed by atoms with Crippen LogP contribution >= 0.6 is 11.6 Å². The van der Waals surface area contributed by atoms with Gasteiger partial charge < -0.3 is 16.2 Å². The number of nitrogens with two attached hydrogens (primary N) is 1. The number of amides is 1. The van der Waals surface area contributed by atoms with E-state index in [-0.39, 0.29) is 16.1 Å². The van der Waals surface area contributed by atoms with Crippen molar-refractivity contribution in [3.05, 3.63) is 40.0 Å². The zero-order valence-corrected chi connectivity index (χ0v) is 12.1. The summed E-state index contributed by atoms with van der Waals surface area (Å²) in [6.45, 7) is 1.66. The van der Waals surface area contributed by atoms with Crippen LogP contribution in [0.4, 0.5) is 11.5 Å². The van der Waals surface area contributed by atoms with E-state index in [1.165, 1.54) is 16.8 Å². The Kier molecular flexibility index (Phi) is 3.86. The monoisotopic (exact) mass is 308 g/mol. The molecule has 110 valence electrons. The van der Waals surface area contributed by atoms with E-state index in [0.29, 0.717) is 17.2 Å². The number of nitrogens with one attached hydrogen (secondary N) is 1. The predicted octanol–water partition coefficient (Wildman–Crippen LogP) is 1.92. The van der Waals surface area contributed by atoms with E-state index in [1.54, 1.807) is 20.0 Å². The lowest BCUT2D eigenvalue weighted by Crippen LogP contribution is -2.14. The van der Waals surface area contributed by atoms with Gasteiger partial charge >= 0.3 is 5.97 Å². The van der Waals surface area contributed by atoms with Crippen LogP contribution in [-0.2, 0) is 7.05 Å². The quantitative estimate of drug-likeness (QED) is 0.799. The number of hydrogen-bond acceptors (Lipinski definition) is 4. The summed E-state index contributed by atoms with van der Waals surface area (Å²) in [5.41, 5.74) is 6.50. The fraction of sp³-hybridized carbons (Fsp3) is 0.154. The molecule has 0 saturated carbocycles. The highest BCUT2D eigenvalue weighted by molar-refractivity contribution is 6.33. The molecule has 0 aliphatic rings. The van der Waals surface area contributed by atoms with Crippen molar-refractivity contribution in [1.82, 2.24) is 9.78 Å². The summed E-state index contributed by atoms with van der Waals surface area (Å²) in [5.74, 6) is -1.37. The van der Waals surface area contributed by atoms with Gasteiger partial charge in [0.05, 0.1) is 16.3 Å². The lowest BCUT2D eigenvalue weighted by atomic mass is 10.2. The van der Waals surface area contributed by atoms with Gasteiger partial charge in [0.15, 0.2) is 0 Å². The Labute approximate surface area is 125 Å². The van der Waals surface area contributed by atoms with Gasteiger partial charge in [0.2, 0.25) is 0 Å². The first-order chi connectivity index (χ1) is 9.81. The van der Waals surface area contributed by atoms with E-state index >= 15 is 0 Å². The number of carbonyl (C=O) groups excluding carboxylic acids is 1. The molecule has 2 rings (SSSR count). The van der Waals surface area contributed by atoms with E-state index in [1.807, 2.05) is 0 Å². The number of nitrogens with zero attached hydrogens (tertiary/aromatic N) is 2. The van der Waals surface area contributed by atoms with Crippen molar-refractivity contribution >= 4 is 35.0 Å². The minimum absolute atomic E-state index is 0.0406. The highest BCUT2D eigenvalue weighted by Crippen LogP contribution is 2.26. The molecule has 21 heavy (non-hydrogen) atoms. The molecule has 2 aromatic rings. The van der Waals surface area contributed by atoms with Gasteiger partial charge in [0.25, 0.3) is 5.91 Å². The summed E-state index contributed by atoms with van der Waals surface area (Å²) < 4.78 is 1.46. The van der Waals surface area contributed by atoms with E-state index in [0.717, 1.165) is 0 Å². The van der Waals surface area contributed by atoms with E-state index in [2.05, 4.69) is 10.4 Å². The average Bonchev–Trinajstić information content (AvgIpc) is 2.66. The van der Waals surface area contributed by atoms with Crippen LogP contribution in [0, 0.1) is 6.92 Å². The Balaban J connectivity index is 2.46. The molecule has 0 bridgehead atoms. The number of carbonyl (C=O) groups is 2. The van der Waals surface area contributed by atoms with Gasteiger partial charge in [-0.3, -0.25) is 9.48 Å². The van der Waals surface area contributed by atoms with Gasteiger partial charge in [-0.2, -0.15) is 5.10 Å². The highest BCUT2D eigenvalue weighted by Gasteiger charge is 2.19. The molecule has 1 aromatic heterocycles. The second-order valence-corrected chi connectivity index (χ2v) is 4.83. The number of aromatic carboxylic acids is 1. The molecule has 0 aliphatic heterocycles. The molecular weight excluding hydrogens is 296 g/mol. The van der Waals surface area contributed by atoms with E-state index in [4.69, 9.17) is 22.4 Å². The van der Waals surface area contributed by atoms with E-state index in [9.17, 15) is 9.59 Å². The van der Waals surface area contributed by atoms with Gasteiger partial charge in [-0.15, -0.1) is 0 Å². The predicted molar refractivity (Wildman–Crippen MR) is 78.2 cm³/mol. The van der Waals surface area contributed by atoms with Crippen LogP contribution in [-0.4, -0.2) is 26.8 Å². The number of carboxylic acids is 1. The van der Waals surface area contributed by atoms with Gasteiger partial charge in [0.1, 0.15) is 11.4 Å². The van der Waals surface area contributed by atoms with Crippen molar-refractivity contribution in [2.24, 2.45) is 12.8 Å². The molecule has 1 aromatic carbocycles. The molecule has 0 unspecified atom stereocenters. The third-order valence-electron chi connectivity index (χ3n) is 2.93. The zero-order valence-electron chi connectivity index (χ0n) is 11.3. The molecule has 0 fully saturated rings. The maximum atomic E-state index is 11.5. The SMILES string of the molecule is Cc1nn(C)c(Nc2ccc(Cl)c(C(=O)O)c2)c1C(N)=O. The largest absolute Gasteiger partial charge is 0.478 e. The van der Waals surface area contributed by atoms with Gasteiger partial charge in [-0.1, -0.05) is 11.6 Å². The first-order valence-corrected chi connectivity index (χ1v) is 6.32. The minimum atomic E-state index is -1.14. The number of primary amides is 1. The Morgan fingerprint density at radius 3 is 2.67 bits per heavy atom. The topological polar surface area (TPSA) is 110 Å². The molecule has 0 saturated heterocycles. The molecule has 0 radical (unpaired) electrons. The van der Waals surface area contributed by atoms with Gasteiger partial charge in [-0.05, 0) is 25.1 Å². The number of aryl methyl sites for hydroxylation is 2. The summed E-state index contributed by atoms with van der Waals surface area (Å²) in [6, 6.07) is 4.43. The van der Waals surface area contributed by atoms with Crippen LogP contribution in [0.25, 0.3) is 0 Å². The van der Waals surface area contributed by atoms with Crippen molar-refractivity contribution < 1.29 is 14.7 Å². The number of rotatable bonds is 4. The molecule has 0 aliphatic carbocycles. The second kappa shape index (κ2) is 5.45. The second-order valence-electron chi connectivity index (χ2n) is 4.42. The van der Waals surface area contributed by atoms with E-state index < -0.39 is 11.9 Å². The summed E-state index contributed by atoms with van der Waals surface area (Å²) in [5, 5.41) is 16.2. The zero-order chi connectivity index (χ0) is 15.7. The summed E-state index contributed by atoms with van der Waals surface area (Å²) in [4.78, 5) is 22.6. The van der Waals surface area contributed by atoms with Gasteiger partial charge in [-0.25, -0.2) is 4.79 Å². The minimum Gasteiger partial charge on any atom is -0.478 e. The van der Waals surface area contributed by atoms with Crippen LogP contribution in [0.3, 0.4) is 0 Å². The van der Waals surface area contributed by atoms with Gasteiger partial charge in [0, 0.05) is 12.7 Å². The maximum absolute atomic E-state index is 11.5. The fourth-order valence-corrected chi connectivity index (χ4v) is 2.20. The maximum Gasteiger partial charge on any atom is 0.337 e. The molecule has 8 heteroatoms. The highest BCUT2D eigenvalue weighted by atomic mass is 35.5. The molecule has 0 spiro atoms. The normalized spacial score (nSPS) is 10.4. The molecule has 7 nitrogen and oxygen atoms in total. The summed E-state index contributed by atoms with van der Waals surface area (Å²) in [7, 11) is 1.65. The van der Waals surface area contributed by atoms with Crippen LogP contribution in [0.5, 0.6) is 0 Å². The number of halogens is 1. The Bertz CT molecular complexity index is 739. The Morgan fingerprint density at radius 2 is 2.10 bits per heavy atom. The smallest absolute Gasteiger partial charge is 0.337 e. The van der Waals surface area contributed by atoms with Crippen molar-refractivity contribution in [2.45, 2.75) is 6.92 Å². The van der Waals surface area contributed by atoms with Crippen molar-refractivity contribution in [3.8, 4) is 0 Å². The van der Waals surface area contributed by atoms with Crippen LogP contribution in [0.2, 0.25) is 5.02 Å². The number of hydrogen-bond donors (Lipinski definition) is 3. The lowest BCUT2D eigenvalue weighted by molar-refractivity contribution is 0.0697. The summed E-state index contributed by atoms with van der Waals surface area (Å²) in [6.07, 6.45) is 0. The van der Waals surface area contributed by atoms with Crippen molar-refractivity contribution in [3.63, 3.8) is 0 Å². The van der Waals surface area contributed by atoms with Crippen LogP contribution in [0.1, 0.15) is 26.4 Å². The number of carboxylic acid groups (broad SMARTS) is 1. The average molecular weight is 309 g/mol. The van der Waals surface area contributed by atoms with Crippen LogP contribution < -0.4 is 11.1 Å². The first kappa shape index (κ1) is 14.9. The van der Waals surface area contributed by atoms with Crippen LogP contribution in [0.15, 0.2) is 18.2 Å². The third kappa shape index (κ3) is 2.82. The van der Waals surface area contributed by atoms with Crippen molar-refractivity contribution in [2.75, 3.05) is 5.32 Å².